The first-order valence-corrected chi connectivity index (χ1v) is 10.0. The molecule has 1 aromatic heterocycles. The van der Waals surface area contributed by atoms with Crippen LogP contribution in [0.15, 0.2) is 29.8 Å². The van der Waals surface area contributed by atoms with Gasteiger partial charge in [0, 0.05) is 18.1 Å². The first-order valence-electron chi connectivity index (χ1n) is 9.16. The number of ether oxygens (including phenoxy) is 1. The molecule has 0 saturated carbocycles. The Morgan fingerprint density at radius 2 is 2.22 bits per heavy atom. The summed E-state index contributed by atoms with van der Waals surface area (Å²) in [7, 11) is 0. The summed E-state index contributed by atoms with van der Waals surface area (Å²) in [6.07, 6.45) is 6.08. The number of aromatic nitrogens is 1. The standard InChI is InChI=1S/C19H21F2N3O2S/c20-18(21)26-13-6-7-14-12(11-13)3-1-4-15(14)23-17(25)16-5-2-9-24(16)19-22-8-10-27-19/h6-8,10-11,15-16,18H,1-5,9H2,(H,23,25). The second-order valence-corrected chi connectivity index (χ2v) is 7.73. The van der Waals surface area contributed by atoms with Gasteiger partial charge in [-0.25, -0.2) is 4.98 Å². The summed E-state index contributed by atoms with van der Waals surface area (Å²) >= 11 is 1.54. The molecule has 8 heteroatoms. The van der Waals surface area contributed by atoms with Crippen molar-refractivity contribution in [1.29, 1.82) is 0 Å². The van der Waals surface area contributed by atoms with E-state index >= 15 is 0 Å². The van der Waals surface area contributed by atoms with Gasteiger partial charge < -0.3 is 15.0 Å². The lowest BCUT2D eigenvalue weighted by atomic mass is 9.87. The van der Waals surface area contributed by atoms with Gasteiger partial charge in [0.05, 0.1) is 6.04 Å². The maximum Gasteiger partial charge on any atom is 0.387 e. The minimum Gasteiger partial charge on any atom is -0.435 e. The Bertz CT molecular complexity index is 800. The van der Waals surface area contributed by atoms with Gasteiger partial charge in [-0.05, 0) is 55.4 Å². The Balaban J connectivity index is 1.48. The number of hydrogen-bond donors (Lipinski definition) is 1. The van der Waals surface area contributed by atoms with E-state index in [1.807, 2.05) is 5.38 Å². The number of nitrogens with zero attached hydrogens (tertiary/aromatic N) is 2. The van der Waals surface area contributed by atoms with Crippen LogP contribution in [0.2, 0.25) is 0 Å². The lowest BCUT2D eigenvalue weighted by Crippen LogP contribution is -2.45. The van der Waals surface area contributed by atoms with Gasteiger partial charge >= 0.3 is 6.61 Å². The lowest BCUT2D eigenvalue weighted by Gasteiger charge is -2.30. The van der Waals surface area contributed by atoms with Gasteiger partial charge in [0.15, 0.2) is 5.13 Å². The number of fused-ring (bicyclic) bond motifs is 1. The molecule has 1 amide bonds. The molecule has 2 heterocycles. The van der Waals surface area contributed by atoms with Gasteiger partial charge in [-0.1, -0.05) is 6.07 Å². The highest BCUT2D eigenvalue weighted by Gasteiger charge is 2.34. The van der Waals surface area contributed by atoms with Gasteiger partial charge in [-0.2, -0.15) is 8.78 Å². The number of carbonyl (C=O) groups is 1. The summed E-state index contributed by atoms with van der Waals surface area (Å²) in [4.78, 5) is 19.4. The molecule has 2 atom stereocenters. The SMILES string of the molecule is O=C(NC1CCCc2cc(OC(F)F)ccc21)C1CCCN1c1nccs1. The second kappa shape index (κ2) is 7.80. The third kappa shape index (κ3) is 3.90. The molecule has 5 nitrogen and oxygen atoms in total. The summed E-state index contributed by atoms with van der Waals surface area (Å²) in [5.74, 6) is 0.176. The Labute approximate surface area is 160 Å². The maximum atomic E-state index is 12.9. The molecule has 1 aliphatic heterocycles. The molecule has 1 aromatic carbocycles. The lowest BCUT2D eigenvalue weighted by molar-refractivity contribution is -0.123. The fourth-order valence-corrected chi connectivity index (χ4v) is 4.73. The van der Waals surface area contributed by atoms with E-state index in [1.165, 1.54) is 0 Å². The number of hydrogen-bond acceptors (Lipinski definition) is 5. The first-order chi connectivity index (χ1) is 13.1. The van der Waals surface area contributed by atoms with E-state index in [2.05, 4.69) is 19.9 Å². The van der Waals surface area contributed by atoms with Crippen LogP contribution in [0, 0.1) is 0 Å². The van der Waals surface area contributed by atoms with Crippen LogP contribution >= 0.6 is 11.3 Å². The van der Waals surface area contributed by atoms with Crippen LogP contribution in [-0.4, -0.2) is 30.1 Å². The van der Waals surface area contributed by atoms with E-state index in [1.54, 1.807) is 35.7 Å². The van der Waals surface area contributed by atoms with Gasteiger partial charge in [-0.3, -0.25) is 4.79 Å². The summed E-state index contributed by atoms with van der Waals surface area (Å²) < 4.78 is 29.4. The van der Waals surface area contributed by atoms with Gasteiger partial charge in [0.2, 0.25) is 5.91 Å². The first kappa shape index (κ1) is 18.2. The number of amides is 1. The van der Waals surface area contributed by atoms with Crippen LogP contribution in [0.4, 0.5) is 13.9 Å². The van der Waals surface area contributed by atoms with Crippen molar-refractivity contribution in [1.82, 2.24) is 10.3 Å². The quantitative estimate of drug-likeness (QED) is 0.837. The second-order valence-electron chi connectivity index (χ2n) is 6.86. The molecule has 1 fully saturated rings. The molecule has 2 aliphatic rings. The summed E-state index contributed by atoms with van der Waals surface area (Å²) in [5.41, 5.74) is 1.96. The monoisotopic (exact) mass is 393 g/mol. The van der Waals surface area contributed by atoms with E-state index in [4.69, 9.17) is 0 Å². The van der Waals surface area contributed by atoms with Crippen LogP contribution in [-0.2, 0) is 11.2 Å². The van der Waals surface area contributed by atoms with Crippen molar-refractivity contribution < 1.29 is 18.3 Å². The highest BCUT2D eigenvalue weighted by molar-refractivity contribution is 7.13. The van der Waals surface area contributed by atoms with Gasteiger partial charge in [-0.15, -0.1) is 11.3 Å². The predicted octanol–water partition coefficient (Wildman–Crippen LogP) is 3.91. The fourth-order valence-electron chi connectivity index (χ4n) is 4.01. The van der Waals surface area contributed by atoms with Crippen molar-refractivity contribution in [2.75, 3.05) is 11.4 Å². The zero-order valence-electron chi connectivity index (χ0n) is 14.7. The molecule has 2 aromatic rings. The molecule has 1 N–H and O–H groups in total. The molecule has 0 bridgehead atoms. The van der Waals surface area contributed by atoms with Crippen molar-refractivity contribution in [3.63, 3.8) is 0 Å². The average Bonchev–Trinajstić information content (AvgIpc) is 3.32. The molecular formula is C19H21F2N3O2S. The van der Waals surface area contributed by atoms with E-state index in [0.717, 1.165) is 54.9 Å². The highest BCUT2D eigenvalue weighted by atomic mass is 32.1. The Kier molecular flexibility index (Phi) is 5.24. The Morgan fingerprint density at radius 3 is 3.00 bits per heavy atom. The van der Waals surface area contributed by atoms with E-state index < -0.39 is 6.61 Å². The molecule has 2 unspecified atom stereocenters. The third-order valence-electron chi connectivity index (χ3n) is 5.19. The van der Waals surface area contributed by atoms with Crippen LogP contribution in [0.5, 0.6) is 5.75 Å². The number of rotatable bonds is 5. The van der Waals surface area contributed by atoms with Crippen LogP contribution in [0.1, 0.15) is 42.9 Å². The number of benzene rings is 1. The van der Waals surface area contributed by atoms with Crippen molar-refractivity contribution in [3.8, 4) is 5.75 Å². The van der Waals surface area contributed by atoms with E-state index in [0.29, 0.717) is 0 Å². The maximum absolute atomic E-state index is 12.9. The van der Waals surface area contributed by atoms with Crippen LogP contribution < -0.4 is 15.0 Å². The summed E-state index contributed by atoms with van der Waals surface area (Å²) in [6, 6.07) is 4.71. The minimum absolute atomic E-state index is 0.00783. The van der Waals surface area contributed by atoms with Crippen molar-refractivity contribution in [3.05, 3.63) is 40.9 Å². The average molecular weight is 393 g/mol. The number of halogens is 2. The number of aryl methyl sites for hydroxylation is 1. The Morgan fingerprint density at radius 1 is 1.33 bits per heavy atom. The number of nitrogens with one attached hydrogen (secondary N) is 1. The minimum atomic E-state index is -2.83. The molecule has 144 valence electrons. The number of carbonyl (C=O) groups excluding carboxylic acids is 1. The smallest absolute Gasteiger partial charge is 0.387 e. The van der Waals surface area contributed by atoms with Crippen molar-refractivity contribution in [2.45, 2.75) is 50.8 Å². The number of thiazole rings is 1. The van der Waals surface area contributed by atoms with Crippen molar-refractivity contribution >= 4 is 22.4 Å². The molecule has 0 radical (unpaired) electrons. The Hall–Kier alpha value is -2.22. The highest BCUT2D eigenvalue weighted by Crippen LogP contribution is 2.34. The topological polar surface area (TPSA) is 54.5 Å². The zero-order valence-corrected chi connectivity index (χ0v) is 15.6. The zero-order chi connectivity index (χ0) is 18.8. The van der Waals surface area contributed by atoms with E-state index in [-0.39, 0.29) is 23.7 Å². The normalized spacial score (nSPS) is 22.0. The molecule has 0 spiro atoms. The fraction of sp³-hybridized carbons (Fsp3) is 0.474. The van der Waals surface area contributed by atoms with Crippen LogP contribution in [0.3, 0.4) is 0 Å². The molecule has 1 saturated heterocycles. The van der Waals surface area contributed by atoms with Crippen molar-refractivity contribution in [2.24, 2.45) is 0 Å². The van der Waals surface area contributed by atoms with Crippen LogP contribution in [0.25, 0.3) is 0 Å². The van der Waals surface area contributed by atoms with E-state index in [9.17, 15) is 13.6 Å². The van der Waals surface area contributed by atoms with Gasteiger partial charge in [0.1, 0.15) is 11.8 Å². The van der Waals surface area contributed by atoms with Gasteiger partial charge in [0.25, 0.3) is 0 Å². The summed E-state index contributed by atoms with van der Waals surface area (Å²) in [5, 5.41) is 5.97. The largest absolute Gasteiger partial charge is 0.435 e. The third-order valence-corrected chi connectivity index (χ3v) is 6.00. The molecule has 27 heavy (non-hydrogen) atoms. The molecular weight excluding hydrogens is 372 g/mol. The predicted molar refractivity (Wildman–Crippen MR) is 99.4 cm³/mol. The molecule has 4 rings (SSSR count). The number of anilines is 1. The number of alkyl halides is 2. The molecule has 1 aliphatic carbocycles. The summed E-state index contributed by atoms with van der Waals surface area (Å²) in [6.45, 7) is -2.00.